The van der Waals surface area contributed by atoms with Crippen molar-refractivity contribution in [3.8, 4) is 0 Å². The van der Waals surface area contributed by atoms with Crippen LogP contribution in [-0.4, -0.2) is 22.8 Å². The predicted octanol–water partition coefficient (Wildman–Crippen LogP) is 1.97. The largest absolute Gasteiger partial charge is 0.256 e. The standard InChI is InChI=1S/C13H17N3Si/c1-2-6-13(7-3-1)17(8-4-5-9-17)12-16-11-14-10-15-16/h1-3,6-7,10-11H,4-5,8-9,12H2. The van der Waals surface area contributed by atoms with Gasteiger partial charge in [-0.15, -0.1) is 0 Å². The van der Waals surface area contributed by atoms with Crippen LogP contribution in [0.3, 0.4) is 0 Å². The summed E-state index contributed by atoms with van der Waals surface area (Å²) in [6.45, 7) is 0. The first-order valence-corrected chi connectivity index (χ1v) is 8.89. The van der Waals surface area contributed by atoms with Crippen LogP contribution in [0.25, 0.3) is 0 Å². The smallest absolute Gasteiger partial charge is 0.137 e. The average Bonchev–Trinajstić information content (AvgIpc) is 3.03. The first kappa shape index (κ1) is 10.7. The van der Waals surface area contributed by atoms with E-state index in [0.29, 0.717) is 0 Å². The van der Waals surface area contributed by atoms with Crippen LogP contribution in [0.15, 0.2) is 43.0 Å². The van der Waals surface area contributed by atoms with E-state index in [4.69, 9.17) is 0 Å². The van der Waals surface area contributed by atoms with Crippen LogP contribution in [0, 0.1) is 0 Å². The number of aromatic nitrogens is 3. The van der Waals surface area contributed by atoms with Crippen molar-refractivity contribution in [3.05, 3.63) is 43.0 Å². The molecule has 0 aliphatic carbocycles. The molecule has 4 heteroatoms. The monoisotopic (exact) mass is 243 g/mol. The Morgan fingerprint density at radius 1 is 1.12 bits per heavy atom. The zero-order chi connectivity index (χ0) is 11.6. The van der Waals surface area contributed by atoms with E-state index in [2.05, 4.69) is 40.4 Å². The van der Waals surface area contributed by atoms with Crippen molar-refractivity contribution in [1.82, 2.24) is 14.8 Å². The summed E-state index contributed by atoms with van der Waals surface area (Å²) in [6.07, 6.45) is 7.36. The summed E-state index contributed by atoms with van der Waals surface area (Å²) in [5, 5.41) is 5.88. The summed E-state index contributed by atoms with van der Waals surface area (Å²) >= 11 is 0. The third-order valence-corrected chi connectivity index (χ3v) is 8.99. The van der Waals surface area contributed by atoms with Gasteiger partial charge in [-0.05, 0) is 0 Å². The van der Waals surface area contributed by atoms with Crippen LogP contribution in [-0.2, 0) is 6.17 Å². The van der Waals surface area contributed by atoms with Crippen LogP contribution in [0.1, 0.15) is 12.8 Å². The maximum atomic E-state index is 4.29. The highest BCUT2D eigenvalue weighted by Crippen LogP contribution is 2.30. The topological polar surface area (TPSA) is 30.7 Å². The molecule has 2 heterocycles. The summed E-state index contributed by atoms with van der Waals surface area (Å²) in [4.78, 5) is 4.06. The van der Waals surface area contributed by atoms with Crippen LogP contribution in [0.4, 0.5) is 0 Å². The predicted molar refractivity (Wildman–Crippen MR) is 70.7 cm³/mol. The van der Waals surface area contributed by atoms with E-state index in [1.165, 1.54) is 24.9 Å². The van der Waals surface area contributed by atoms with E-state index in [1.54, 1.807) is 11.5 Å². The molecule has 17 heavy (non-hydrogen) atoms. The number of benzene rings is 1. The van der Waals surface area contributed by atoms with Crippen molar-refractivity contribution in [1.29, 1.82) is 0 Å². The zero-order valence-corrected chi connectivity index (χ0v) is 10.9. The van der Waals surface area contributed by atoms with Gasteiger partial charge in [-0.2, -0.15) is 5.10 Å². The highest BCUT2D eigenvalue weighted by Gasteiger charge is 2.38. The molecular formula is C13H17N3Si. The SMILES string of the molecule is c1ccc([Si]2(Cn3cncn3)CCCC2)cc1. The molecular weight excluding hydrogens is 226 g/mol. The highest BCUT2D eigenvalue weighted by molar-refractivity contribution is 6.91. The van der Waals surface area contributed by atoms with Gasteiger partial charge in [0.25, 0.3) is 0 Å². The Morgan fingerprint density at radius 2 is 1.88 bits per heavy atom. The molecule has 1 fully saturated rings. The molecule has 1 aromatic heterocycles. The highest BCUT2D eigenvalue weighted by atomic mass is 28.3. The average molecular weight is 243 g/mol. The van der Waals surface area contributed by atoms with Crippen LogP contribution in [0.2, 0.25) is 12.1 Å². The minimum Gasteiger partial charge on any atom is -0.256 e. The third-order valence-electron chi connectivity index (χ3n) is 3.88. The second-order valence-electron chi connectivity index (χ2n) is 4.95. The van der Waals surface area contributed by atoms with Gasteiger partial charge in [0.1, 0.15) is 20.7 Å². The quantitative estimate of drug-likeness (QED) is 0.772. The molecule has 1 aromatic carbocycles. The van der Waals surface area contributed by atoms with Crippen molar-refractivity contribution < 1.29 is 0 Å². The van der Waals surface area contributed by atoms with E-state index >= 15 is 0 Å². The maximum Gasteiger partial charge on any atom is 0.137 e. The molecule has 88 valence electrons. The van der Waals surface area contributed by atoms with E-state index in [-0.39, 0.29) is 0 Å². The number of rotatable bonds is 3. The Kier molecular flexibility index (Phi) is 2.80. The molecule has 1 aliphatic rings. The number of hydrogen-bond donors (Lipinski definition) is 0. The van der Waals surface area contributed by atoms with Crippen molar-refractivity contribution in [2.45, 2.75) is 31.1 Å². The van der Waals surface area contributed by atoms with Crippen LogP contribution < -0.4 is 5.19 Å². The molecule has 0 radical (unpaired) electrons. The fourth-order valence-electron chi connectivity index (χ4n) is 3.01. The molecule has 0 atom stereocenters. The van der Waals surface area contributed by atoms with Crippen LogP contribution in [0.5, 0.6) is 0 Å². The van der Waals surface area contributed by atoms with Gasteiger partial charge in [0.05, 0.1) is 0 Å². The lowest BCUT2D eigenvalue weighted by Gasteiger charge is -2.26. The van der Waals surface area contributed by atoms with Gasteiger partial charge in [-0.3, -0.25) is 4.68 Å². The summed E-state index contributed by atoms with van der Waals surface area (Å²) in [5.41, 5.74) is 0. The summed E-state index contributed by atoms with van der Waals surface area (Å²) < 4.78 is 2.03. The van der Waals surface area contributed by atoms with Crippen LogP contribution >= 0.6 is 0 Å². The Morgan fingerprint density at radius 3 is 2.53 bits per heavy atom. The van der Waals surface area contributed by atoms with Gasteiger partial charge in [0.15, 0.2) is 0 Å². The van der Waals surface area contributed by atoms with Crippen molar-refractivity contribution in [2.75, 3.05) is 0 Å². The molecule has 3 nitrogen and oxygen atoms in total. The molecule has 0 bridgehead atoms. The second-order valence-corrected chi connectivity index (χ2v) is 9.40. The number of hydrogen-bond acceptors (Lipinski definition) is 2. The normalized spacial score (nSPS) is 18.4. The molecule has 3 rings (SSSR count). The van der Waals surface area contributed by atoms with Gasteiger partial charge in [-0.1, -0.05) is 60.4 Å². The first-order valence-electron chi connectivity index (χ1n) is 6.27. The number of nitrogens with zero attached hydrogens (tertiary/aromatic N) is 3. The Labute approximate surface area is 103 Å². The Balaban J connectivity index is 1.93. The maximum absolute atomic E-state index is 4.29. The van der Waals surface area contributed by atoms with E-state index in [1.807, 2.05) is 11.0 Å². The second kappa shape index (κ2) is 4.45. The van der Waals surface area contributed by atoms with E-state index in [9.17, 15) is 0 Å². The summed E-state index contributed by atoms with van der Waals surface area (Å²) in [6, 6.07) is 13.9. The van der Waals surface area contributed by atoms with Crippen molar-refractivity contribution >= 4 is 13.3 Å². The van der Waals surface area contributed by atoms with Crippen molar-refractivity contribution in [2.24, 2.45) is 0 Å². The van der Waals surface area contributed by atoms with Gasteiger partial charge in [0, 0.05) is 6.17 Å². The molecule has 0 amide bonds. The molecule has 0 saturated carbocycles. The molecule has 1 aliphatic heterocycles. The summed E-state index contributed by atoms with van der Waals surface area (Å²) in [7, 11) is -1.35. The van der Waals surface area contributed by atoms with E-state index < -0.39 is 8.07 Å². The lowest BCUT2D eigenvalue weighted by molar-refractivity contribution is 0.721. The molecule has 1 saturated heterocycles. The fourth-order valence-corrected chi connectivity index (χ4v) is 7.87. The molecule has 0 unspecified atom stereocenters. The third kappa shape index (κ3) is 2.05. The van der Waals surface area contributed by atoms with Gasteiger partial charge in [-0.25, -0.2) is 4.98 Å². The fraction of sp³-hybridized carbons (Fsp3) is 0.385. The van der Waals surface area contributed by atoms with Gasteiger partial charge in [0.2, 0.25) is 0 Å². The lowest BCUT2D eigenvalue weighted by atomic mass is 10.4. The first-order chi connectivity index (χ1) is 8.39. The summed E-state index contributed by atoms with van der Waals surface area (Å²) in [5.74, 6) is 0. The zero-order valence-electron chi connectivity index (χ0n) is 9.92. The van der Waals surface area contributed by atoms with Gasteiger partial charge >= 0.3 is 0 Å². The minimum atomic E-state index is -1.35. The van der Waals surface area contributed by atoms with E-state index in [0.717, 1.165) is 6.17 Å². The van der Waals surface area contributed by atoms with Gasteiger partial charge < -0.3 is 0 Å². The Hall–Kier alpha value is -1.42. The lowest BCUT2D eigenvalue weighted by Crippen LogP contribution is -2.49. The molecule has 0 N–H and O–H groups in total. The molecule has 0 spiro atoms. The molecule has 2 aromatic rings. The Bertz CT molecular complexity index is 461. The van der Waals surface area contributed by atoms with Crippen molar-refractivity contribution in [3.63, 3.8) is 0 Å². The minimum absolute atomic E-state index is 1.09.